The first-order valence-electron chi connectivity index (χ1n) is 6.72. The number of anilines is 1. The largest absolute Gasteiger partial charge is 0.321 e. The quantitative estimate of drug-likeness (QED) is 0.450. The number of hydrogen-bond donors (Lipinski definition) is 1. The van der Waals surface area contributed by atoms with E-state index in [1.807, 2.05) is 6.07 Å². The number of nitrogens with one attached hydrogen (secondary N) is 1. The lowest BCUT2D eigenvalue weighted by molar-refractivity contribution is -0.112. The zero-order valence-electron chi connectivity index (χ0n) is 12.2. The van der Waals surface area contributed by atoms with E-state index in [-0.39, 0.29) is 5.57 Å². The van der Waals surface area contributed by atoms with Crippen molar-refractivity contribution in [1.29, 1.82) is 5.26 Å². The molecule has 0 spiro atoms. The number of nitriles is 1. The molecule has 1 amide bonds. The van der Waals surface area contributed by atoms with Crippen LogP contribution in [0.1, 0.15) is 5.56 Å². The van der Waals surface area contributed by atoms with Gasteiger partial charge in [-0.2, -0.15) is 14.0 Å². The van der Waals surface area contributed by atoms with Gasteiger partial charge in [-0.1, -0.05) is 41.6 Å². The number of thioether (sulfide) groups is 1. The van der Waals surface area contributed by atoms with Crippen molar-refractivity contribution in [3.63, 3.8) is 0 Å². The number of carbonyl (C=O) groups is 1. The molecule has 0 saturated heterocycles. The molecular weight excluding hydrogens is 354 g/mol. The van der Waals surface area contributed by atoms with Crippen LogP contribution < -0.4 is 5.32 Å². The fourth-order valence-electron chi connectivity index (χ4n) is 1.81. The van der Waals surface area contributed by atoms with Crippen molar-refractivity contribution >= 4 is 41.0 Å². The van der Waals surface area contributed by atoms with Crippen molar-refractivity contribution in [2.24, 2.45) is 0 Å². The van der Waals surface area contributed by atoms with Crippen LogP contribution >= 0.6 is 23.4 Å². The molecule has 0 aliphatic rings. The highest BCUT2D eigenvalue weighted by Crippen LogP contribution is 2.26. The number of halogens is 3. The first-order chi connectivity index (χ1) is 11.5. The molecule has 0 saturated carbocycles. The first-order valence-corrected chi connectivity index (χ1v) is 7.98. The summed E-state index contributed by atoms with van der Waals surface area (Å²) in [5.74, 6) is -3.11. The van der Waals surface area contributed by atoms with Gasteiger partial charge in [0.2, 0.25) is 0 Å². The van der Waals surface area contributed by atoms with Crippen LogP contribution in [0.4, 0.5) is 14.5 Å². The number of carbonyl (C=O) groups excluding carboxylic acids is 1. The predicted octanol–water partition coefficient (Wildman–Crippen LogP) is 5.20. The van der Waals surface area contributed by atoms with Gasteiger partial charge in [-0.3, -0.25) is 4.79 Å². The van der Waals surface area contributed by atoms with E-state index in [1.165, 1.54) is 30.3 Å². The molecule has 0 aromatic heterocycles. The Hall–Kier alpha value is -2.36. The van der Waals surface area contributed by atoms with E-state index in [0.717, 1.165) is 0 Å². The molecule has 0 fully saturated rings. The van der Waals surface area contributed by atoms with Crippen molar-refractivity contribution in [3.05, 3.63) is 64.7 Å². The second-order valence-corrected chi connectivity index (χ2v) is 6.02. The summed E-state index contributed by atoms with van der Waals surface area (Å²) in [6.45, 7) is 0. The van der Waals surface area contributed by atoms with E-state index in [1.54, 1.807) is 24.3 Å². The predicted molar refractivity (Wildman–Crippen MR) is 92.0 cm³/mol. The standard InChI is InChI=1S/C17H11ClF2N2OS/c18-15-4-2-1-3-11(15)9-12(10-21)16(23)22-13-5-7-14(8-6-13)24-17(19)20/h1-9,17H,(H,22,23)/b12-9+. The summed E-state index contributed by atoms with van der Waals surface area (Å²) in [6, 6.07) is 14.6. The summed E-state index contributed by atoms with van der Waals surface area (Å²) < 4.78 is 24.5. The molecule has 7 heteroatoms. The van der Waals surface area contributed by atoms with Crippen molar-refractivity contribution < 1.29 is 13.6 Å². The van der Waals surface area contributed by atoms with Crippen LogP contribution in [0.2, 0.25) is 5.02 Å². The van der Waals surface area contributed by atoms with E-state index in [0.29, 0.717) is 32.9 Å². The monoisotopic (exact) mass is 364 g/mol. The fourth-order valence-corrected chi connectivity index (χ4v) is 2.50. The van der Waals surface area contributed by atoms with Gasteiger partial charge in [0.15, 0.2) is 0 Å². The Balaban J connectivity index is 2.13. The lowest BCUT2D eigenvalue weighted by Crippen LogP contribution is -2.13. The molecular formula is C17H11ClF2N2OS. The van der Waals surface area contributed by atoms with Gasteiger partial charge in [-0.25, -0.2) is 0 Å². The number of amides is 1. The van der Waals surface area contributed by atoms with Crippen molar-refractivity contribution in [3.8, 4) is 6.07 Å². The van der Waals surface area contributed by atoms with Crippen LogP contribution in [0.15, 0.2) is 59.0 Å². The second kappa shape index (κ2) is 8.48. The van der Waals surface area contributed by atoms with Crippen LogP contribution in [0, 0.1) is 11.3 Å². The summed E-state index contributed by atoms with van der Waals surface area (Å²) in [6.07, 6.45) is 1.39. The van der Waals surface area contributed by atoms with Gasteiger partial charge in [-0.15, -0.1) is 0 Å². The first kappa shape index (κ1) is 18.0. The Kier molecular flexibility index (Phi) is 6.36. The Bertz CT molecular complexity index is 801. The third kappa shape index (κ3) is 5.08. The molecule has 24 heavy (non-hydrogen) atoms. The van der Waals surface area contributed by atoms with Gasteiger partial charge >= 0.3 is 0 Å². The van der Waals surface area contributed by atoms with E-state index in [4.69, 9.17) is 16.9 Å². The topological polar surface area (TPSA) is 52.9 Å². The smallest absolute Gasteiger partial charge is 0.288 e. The van der Waals surface area contributed by atoms with E-state index >= 15 is 0 Å². The average molecular weight is 365 g/mol. The van der Waals surface area contributed by atoms with Crippen LogP contribution in [-0.2, 0) is 4.79 Å². The summed E-state index contributed by atoms with van der Waals surface area (Å²) in [7, 11) is 0. The fraction of sp³-hybridized carbons (Fsp3) is 0.0588. The van der Waals surface area contributed by atoms with Gasteiger partial charge in [0.25, 0.3) is 11.7 Å². The maximum absolute atomic E-state index is 12.3. The molecule has 0 atom stereocenters. The van der Waals surface area contributed by atoms with Crippen LogP contribution in [-0.4, -0.2) is 11.7 Å². The molecule has 2 aromatic carbocycles. The SMILES string of the molecule is N#C/C(=C\c1ccccc1Cl)C(=O)Nc1ccc(SC(F)F)cc1. The highest BCUT2D eigenvalue weighted by molar-refractivity contribution is 7.99. The highest BCUT2D eigenvalue weighted by atomic mass is 35.5. The minimum absolute atomic E-state index is 0.117. The Morgan fingerprint density at radius 1 is 1.21 bits per heavy atom. The van der Waals surface area contributed by atoms with Crippen LogP contribution in [0.3, 0.4) is 0 Å². The molecule has 0 unspecified atom stereocenters. The maximum atomic E-state index is 12.3. The molecule has 1 N–H and O–H groups in total. The van der Waals surface area contributed by atoms with Gasteiger partial charge < -0.3 is 5.32 Å². The lowest BCUT2D eigenvalue weighted by atomic mass is 10.1. The number of alkyl halides is 2. The van der Waals surface area contributed by atoms with E-state index in [9.17, 15) is 13.6 Å². The normalized spacial score (nSPS) is 11.2. The van der Waals surface area contributed by atoms with Crippen LogP contribution in [0.25, 0.3) is 6.08 Å². The zero-order chi connectivity index (χ0) is 17.5. The number of rotatable bonds is 5. The van der Waals surface area contributed by atoms with Gasteiger partial charge in [0, 0.05) is 15.6 Å². The minimum atomic E-state index is -2.51. The summed E-state index contributed by atoms with van der Waals surface area (Å²) in [4.78, 5) is 12.5. The molecule has 2 rings (SSSR count). The number of benzene rings is 2. The summed E-state index contributed by atoms with van der Waals surface area (Å²) in [5, 5.41) is 12.1. The van der Waals surface area contributed by atoms with Crippen molar-refractivity contribution in [2.75, 3.05) is 5.32 Å². The number of nitrogens with zero attached hydrogens (tertiary/aromatic N) is 1. The summed E-state index contributed by atoms with van der Waals surface area (Å²) in [5.41, 5.74) is 0.836. The average Bonchev–Trinajstić information content (AvgIpc) is 2.55. The van der Waals surface area contributed by atoms with Gasteiger partial charge in [0.05, 0.1) is 0 Å². The minimum Gasteiger partial charge on any atom is -0.321 e. The molecule has 0 radical (unpaired) electrons. The molecule has 0 aliphatic carbocycles. The summed E-state index contributed by atoms with van der Waals surface area (Å²) >= 11 is 6.42. The molecule has 122 valence electrons. The third-order valence-electron chi connectivity index (χ3n) is 2.91. The highest BCUT2D eigenvalue weighted by Gasteiger charge is 2.11. The van der Waals surface area contributed by atoms with Gasteiger partial charge in [0.1, 0.15) is 11.6 Å². The molecule has 0 heterocycles. The van der Waals surface area contributed by atoms with E-state index in [2.05, 4.69) is 5.32 Å². The second-order valence-electron chi connectivity index (χ2n) is 4.55. The maximum Gasteiger partial charge on any atom is 0.288 e. The Morgan fingerprint density at radius 3 is 2.46 bits per heavy atom. The Morgan fingerprint density at radius 2 is 1.88 bits per heavy atom. The zero-order valence-corrected chi connectivity index (χ0v) is 13.7. The van der Waals surface area contributed by atoms with E-state index < -0.39 is 11.7 Å². The molecule has 2 aromatic rings. The van der Waals surface area contributed by atoms with Crippen LogP contribution in [0.5, 0.6) is 0 Å². The molecule has 0 aliphatic heterocycles. The lowest BCUT2D eigenvalue weighted by Gasteiger charge is -2.06. The van der Waals surface area contributed by atoms with Gasteiger partial charge in [-0.05, 0) is 42.0 Å². The molecule has 0 bridgehead atoms. The van der Waals surface area contributed by atoms with Crippen molar-refractivity contribution in [1.82, 2.24) is 0 Å². The Labute approximate surface area is 146 Å². The van der Waals surface area contributed by atoms with Crippen molar-refractivity contribution in [2.45, 2.75) is 10.7 Å². The number of hydrogen-bond acceptors (Lipinski definition) is 3. The molecule has 3 nitrogen and oxygen atoms in total. The third-order valence-corrected chi connectivity index (χ3v) is 3.97.